The Kier molecular flexibility index (Phi) is 8.83. The second-order valence-electron chi connectivity index (χ2n) is 5.62. The van der Waals surface area contributed by atoms with E-state index < -0.39 is 23.9 Å². The first-order valence-electron chi connectivity index (χ1n) is 8.15. The van der Waals surface area contributed by atoms with Gasteiger partial charge in [-0.2, -0.15) is 0 Å². The summed E-state index contributed by atoms with van der Waals surface area (Å²) >= 11 is 0. The Balaban J connectivity index is 2.47. The molecule has 0 aliphatic carbocycles. The predicted octanol–water partition coefficient (Wildman–Crippen LogP) is 0.865. The number of hydrogen-bond donors (Lipinski definition) is 2. The first-order valence-corrected chi connectivity index (χ1v) is 8.15. The molecule has 26 heavy (non-hydrogen) atoms. The summed E-state index contributed by atoms with van der Waals surface area (Å²) in [6.45, 7) is 1.84. The van der Waals surface area contributed by atoms with Crippen molar-refractivity contribution < 1.29 is 28.7 Å². The summed E-state index contributed by atoms with van der Waals surface area (Å²) in [5, 5.41) is 5.17. The van der Waals surface area contributed by atoms with Crippen molar-refractivity contribution in [1.29, 1.82) is 0 Å². The normalized spacial score (nSPS) is 12.4. The molecule has 1 aromatic carbocycles. The van der Waals surface area contributed by atoms with Crippen LogP contribution in [0, 0.1) is 0 Å². The zero-order valence-electron chi connectivity index (χ0n) is 15.1. The number of carbonyl (C=O) groups is 4. The van der Waals surface area contributed by atoms with E-state index in [9.17, 15) is 19.2 Å². The number of amides is 2. The number of benzene rings is 1. The lowest BCUT2D eigenvalue weighted by Crippen LogP contribution is -2.43. The van der Waals surface area contributed by atoms with E-state index in [2.05, 4.69) is 20.1 Å². The van der Waals surface area contributed by atoms with Crippen LogP contribution in [-0.4, -0.2) is 44.0 Å². The van der Waals surface area contributed by atoms with Gasteiger partial charge < -0.3 is 20.1 Å². The number of hydrogen-bond acceptors (Lipinski definition) is 6. The van der Waals surface area contributed by atoms with Gasteiger partial charge in [-0.25, -0.2) is 4.79 Å². The fourth-order valence-electron chi connectivity index (χ4n) is 2.22. The van der Waals surface area contributed by atoms with E-state index >= 15 is 0 Å². The molecule has 2 atom stereocenters. The van der Waals surface area contributed by atoms with Crippen LogP contribution in [0.1, 0.15) is 37.8 Å². The van der Waals surface area contributed by atoms with E-state index in [4.69, 9.17) is 0 Å². The van der Waals surface area contributed by atoms with Crippen molar-refractivity contribution in [3.05, 3.63) is 35.9 Å². The van der Waals surface area contributed by atoms with Crippen molar-refractivity contribution in [3.8, 4) is 0 Å². The van der Waals surface area contributed by atoms with Gasteiger partial charge in [0, 0.05) is 12.8 Å². The Hall–Kier alpha value is -2.90. The third-order valence-electron chi connectivity index (χ3n) is 3.68. The SMILES string of the molecule is COC(=O)C[C@H](NC(=O)CCC(=O)N[C@H](C)c1ccccc1)C(=O)OC. The van der Waals surface area contributed by atoms with Crippen LogP contribution >= 0.6 is 0 Å². The summed E-state index contributed by atoms with van der Waals surface area (Å²) in [4.78, 5) is 46.8. The maximum absolute atomic E-state index is 12.0. The first kappa shape index (κ1) is 21.1. The molecule has 8 nitrogen and oxygen atoms in total. The highest BCUT2D eigenvalue weighted by molar-refractivity contribution is 5.89. The van der Waals surface area contributed by atoms with E-state index in [0.717, 1.165) is 12.7 Å². The van der Waals surface area contributed by atoms with Crippen LogP contribution in [0.3, 0.4) is 0 Å². The molecule has 0 aliphatic heterocycles. The summed E-state index contributed by atoms with van der Waals surface area (Å²) in [6.07, 6.45) is -0.511. The molecule has 0 aliphatic rings. The van der Waals surface area contributed by atoms with E-state index in [1.54, 1.807) is 0 Å². The smallest absolute Gasteiger partial charge is 0.328 e. The minimum absolute atomic E-state index is 0.0465. The zero-order valence-corrected chi connectivity index (χ0v) is 15.1. The minimum atomic E-state index is -1.15. The van der Waals surface area contributed by atoms with Gasteiger partial charge in [-0.15, -0.1) is 0 Å². The maximum Gasteiger partial charge on any atom is 0.328 e. The highest BCUT2D eigenvalue weighted by Crippen LogP contribution is 2.11. The molecule has 1 rings (SSSR count). The quantitative estimate of drug-likeness (QED) is 0.629. The molecular weight excluding hydrogens is 340 g/mol. The molecule has 0 aromatic heterocycles. The Morgan fingerprint density at radius 1 is 0.923 bits per heavy atom. The van der Waals surface area contributed by atoms with E-state index in [1.165, 1.54) is 7.11 Å². The van der Waals surface area contributed by atoms with Gasteiger partial charge in [0.2, 0.25) is 11.8 Å². The lowest BCUT2D eigenvalue weighted by molar-refractivity contribution is -0.150. The topological polar surface area (TPSA) is 111 Å². The fourth-order valence-corrected chi connectivity index (χ4v) is 2.22. The second-order valence-corrected chi connectivity index (χ2v) is 5.62. The molecule has 0 bridgehead atoms. The Morgan fingerprint density at radius 3 is 2.04 bits per heavy atom. The standard InChI is InChI=1S/C18H24N2O6/c1-12(13-7-5-4-6-8-13)19-15(21)9-10-16(22)20-14(18(24)26-3)11-17(23)25-2/h4-8,12,14H,9-11H2,1-3H3,(H,19,21)(H,20,22)/t12-,14+/m1/s1. The molecule has 0 radical (unpaired) electrons. The molecular formula is C18H24N2O6. The molecule has 0 spiro atoms. The molecule has 2 amide bonds. The van der Waals surface area contributed by atoms with Gasteiger partial charge in [0.1, 0.15) is 6.04 Å². The Morgan fingerprint density at radius 2 is 1.50 bits per heavy atom. The second kappa shape index (κ2) is 10.9. The monoisotopic (exact) mass is 364 g/mol. The van der Waals surface area contributed by atoms with Crippen molar-refractivity contribution in [1.82, 2.24) is 10.6 Å². The van der Waals surface area contributed by atoms with Crippen LogP contribution in [0.4, 0.5) is 0 Å². The molecule has 142 valence electrons. The number of carbonyl (C=O) groups excluding carboxylic acids is 4. The first-order chi connectivity index (χ1) is 12.4. The van der Waals surface area contributed by atoms with Gasteiger partial charge in [-0.3, -0.25) is 14.4 Å². The van der Waals surface area contributed by atoms with Gasteiger partial charge in [0.15, 0.2) is 0 Å². The van der Waals surface area contributed by atoms with Gasteiger partial charge in [-0.05, 0) is 12.5 Å². The molecule has 0 saturated carbocycles. The molecule has 1 aromatic rings. The van der Waals surface area contributed by atoms with Crippen molar-refractivity contribution in [2.75, 3.05) is 14.2 Å². The third kappa shape index (κ3) is 7.33. The number of ether oxygens (including phenoxy) is 2. The molecule has 8 heteroatoms. The highest BCUT2D eigenvalue weighted by atomic mass is 16.5. The fraction of sp³-hybridized carbons (Fsp3) is 0.444. The average molecular weight is 364 g/mol. The average Bonchev–Trinajstić information content (AvgIpc) is 2.65. The van der Waals surface area contributed by atoms with Crippen molar-refractivity contribution in [3.63, 3.8) is 0 Å². The summed E-state index contributed by atoms with van der Waals surface area (Å²) in [6, 6.07) is 8.09. The largest absolute Gasteiger partial charge is 0.469 e. The van der Waals surface area contributed by atoms with E-state index in [-0.39, 0.29) is 31.2 Å². The van der Waals surface area contributed by atoms with Crippen LogP contribution in [-0.2, 0) is 28.7 Å². The zero-order chi connectivity index (χ0) is 19.5. The molecule has 2 N–H and O–H groups in total. The van der Waals surface area contributed by atoms with E-state index in [0.29, 0.717) is 0 Å². The van der Waals surface area contributed by atoms with Crippen LogP contribution in [0.15, 0.2) is 30.3 Å². The Labute approximate surface area is 152 Å². The lowest BCUT2D eigenvalue weighted by atomic mass is 10.1. The summed E-state index contributed by atoms with van der Waals surface area (Å²) in [5.74, 6) is -2.24. The van der Waals surface area contributed by atoms with Gasteiger partial charge in [-0.1, -0.05) is 30.3 Å². The molecule has 0 unspecified atom stereocenters. The lowest BCUT2D eigenvalue weighted by Gasteiger charge is -2.16. The Bertz CT molecular complexity index is 632. The molecule has 0 heterocycles. The van der Waals surface area contributed by atoms with Gasteiger partial charge in [0.25, 0.3) is 0 Å². The number of nitrogens with one attached hydrogen (secondary N) is 2. The van der Waals surface area contributed by atoms with Crippen LogP contribution in [0.25, 0.3) is 0 Å². The molecule has 0 saturated heterocycles. The minimum Gasteiger partial charge on any atom is -0.469 e. The van der Waals surface area contributed by atoms with E-state index in [1.807, 2.05) is 37.3 Å². The maximum atomic E-state index is 12.0. The summed E-state index contributed by atoms with van der Waals surface area (Å²) in [5.41, 5.74) is 0.953. The van der Waals surface area contributed by atoms with Crippen LogP contribution in [0.2, 0.25) is 0 Å². The van der Waals surface area contributed by atoms with Gasteiger partial charge >= 0.3 is 11.9 Å². The van der Waals surface area contributed by atoms with Crippen LogP contribution in [0.5, 0.6) is 0 Å². The number of rotatable bonds is 9. The summed E-state index contributed by atoms with van der Waals surface area (Å²) in [7, 11) is 2.33. The highest BCUT2D eigenvalue weighted by Gasteiger charge is 2.25. The van der Waals surface area contributed by atoms with Crippen LogP contribution < -0.4 is 10.6 Å². The predicted molar refractivity (Wildman–Crippen MR) is 92.8 cm³/mol. The molecule has 0 fully saturated rings. The third-order valence-corrected chi connectivity index (χ3v) is 3.68. The summed E-state index contributed by atoms with van der Waals surface area (Å²) < 4.78 is 9.02. The number of esters is 2. The van der Waals surface area contributed by atoms with Crippen molar-refractivity contribution in [2.45, 2.75) is 38.3 Å². The van der Waals surface area contributed by atoms with Crippen molar-refractivity contribution >= 4 is 23.8 Å². The van der Waals surface area contributed by atoms with Crippen molar-refractivity contribution in [2.24, 2.45) is 0 Å². The number of methoxy groups -OCH3 is 2. The van der Waals surface area contributed by atoms with Gasteiger partial charge in [0.05, 0.1) is 26.7 Å².